The van der Waals surface area contributed by atoms with E-state index >= 15 is 0 Å². The summed E-state index contributed by atoms with van der Waals surface area (Å²) < 4.78 is 16.9. The van der Waals surface area contributed by atoms with E-state index in [4.69, 9.17) is 9.52 Å². The van der Waals surface area contributed by atoms with Gasteiger partial charge in [-0.05, 0) is 13.8 Å². The lowest BCUT2D eigenvalue weighted by Crippen LogP contribution is -2.28. The van der Waals surface area contributed by atoms with E-state index in [0.717, 1.165) is 6.26 Å². The van der Waals surface area contributed by atoms with Crippen LogP contribution in [0.4, 0.5) is 4.39 Å². The Morgan fingerprint density at radius 3 is 2.77 bits per heavy atom. The number of carboxylic acid groups (broad SMARTS) is 1. The molecule has 72 valence electrons. The highest BCUT2D eigenvalue weighted by molar-refractivity contribution is 5.78. The van der Waals surface area contributed by atoms with Crippen LogP contribution in [0, 0.1) is 0 Å². The van der Waals surface area contributed by atoms with Crippen molar-refractivity contribution in [3.05, 3.63) is 17.8 Å². The van der Waals surface area contributed by atoms with Gasteiger partial charge in [-0.2, -0.15) is 0 Å². The van der Waals surface area contributed by atoms with E-state index in [2.05, 4.69) is 4.98 Å². The summed E-state index contributed by atoms with van der Waals surface area (Å²) in [4.78, 5) is 14.4. The fraction of sp³-hybridized carbons (Fsp3) is 0.500. The summed E-state index contributed by atoms with van der Waals surface area (Å²) in [5, 5.41) is 8.78. The van der Waals surface area contributed by atoms with Crippen LogP contribution in [-0.4, -0.2) is 16.1 Å². The minimum absolute atomic E-state index is 0.0210. The van der Waals surface area contributed by atoms with E-state index in [1.54, 1.807) is 0 Å². The molecule has 1 aromatic rings. The monoisotopic (exact) mass is 187 g/mol. The van der Waals surface area contributed by atoms with E-state index in [0.29, 0.717) is 0 Å². The van der Waals surface area contributed by atoms with Gasteiger partial charge in [-0.1, -0.05) is 0 Å². The van der Waals surface area contributed by atoms with Crippen LogP contribution in [0.15, 0.2) is 10.7 Å². The first-order chi connectivity index (χ1) is 5.98. The summed E-state index contributed by atoms with van der Waals surface area (Å²) in [7, 11) is 0. The van der Waals surface area contributed by atoms with Crippen LogP contribution in [0.5, 0.6) is 0 Å². The number of halogens is 1. The number of aromatic nitrogens is 1. The van der Waals surface area contributed by atoms with E-state index in [9.17, 15) is 9.18 Å². The lowest BCUT2D eigenvalue weighted by atomic mass is 9.94. The molecular formula is C8H10FNO3. The zero-order valence-corrected chi connectivity index (χ0v) is 7.37. The molecule has 1 aromatic heterocycles. The highest BCUT2D eigenvalue weighted by Gasteiger charge is 2.34. The first kappa shape index (κ1) is 9.70. The third-order valence-corrected chi connectivity index (χ3v) is 1.76. The highest BCUT2D eigenvalue weighted by atomic mass is 19.1. The molecule has 5 heteroatoms. The molecule has 0 aliphatic heterocycles. The number of nitrogens with zero attached hydrogens (tertiary/aromatic N) is 1. The van der Waals surface area contributed by atoms with Gasteiger partial charge in [0.1, 0.15) is 24.0 Å². The average molecular weight is 187 g/mol. The second-order valence-corrected chi connectivity index (χ2v) is 3.21. The number of alkyl halides is 1. The van der Waals surface area contributed by atoms with E-state index in [1.165, 1.54) is 13.8 Å². The van der Waals surface area contributed by atoms with Crippen LogP contribution in [0.3, 0.4) is 0 Å². The van der Waals surface area contributed by atoms with Crippen molar-refractivity contribution in [3.63, 3.8) is 0 Å². The standard InChI is InChI=1S/C8H10FNO3/c1-8(2,7(11)12)6-10-5(3-9)4-13-6/h4H,3H2,1-2H3,(H,11,12). The number of hydrogen-bond acceptors (Lipinski definition) is 3. The lowest BCUT2D eigenvalue weighted by Gasteiger charge is -2.13. The van der Waals surface area contributed by atoms with Crippen LogP contribution < -0.4 is 0 Å². The fourth-order valence-corrected chi connectivity index (χ4v) is 0.747. The lowest BCUT2D eigenvalue weighted by molar-refractivity contribution is -0.143. The summed E-state index contributed by atoms with van der Waals surface area (Å²) in [5.74, 6) is -1.03. The molecule has 0 spiro atoms. The molecule has 13 heavy (non-hydrogen) atoms. The molecular weight excluding hydrogens is 177 g/mol. The minimum Gasteiger partial charge on any atom is -0.480 e. The van der Waals surface area contributed by atoms with Crippen molar-refractivity contribution in [1.29, 1.82) is 0 Å². The fourth-order valence-electron chi connectivity index (χ4n) is 0.747. The van der Waals surface area contributed by atoms with Gasteiger partial charge in [-0.15, -0.1) is 0 Å². The largest absolute Gasteiger partial charge is 0.480 e. The van der Waals surface area contributed by atoms with Crippen molar-refractivity contribution in [2.24, 2.45) is 0 Å². The Bertz CT molecular complexity index is 319. The van der Waals surface area contributed by atoms with Gasteiger partial charge in [0.15, 0.2) is 0 Å². The van der Waals surface area contributed by atoms with Crippen LogP contribution in [0.1, 0.15) is 25.4 Å². The third-order valence-electron chi connectivity index (χ3n) is 1.76. The van der Waals surface area contributed by atoms with Gasteiger partial charge in [0.25, 0.3) is 0 Å². The van der Waals surface area contributed by atoms with Gasteiger partial charge in [0, 0.05) is 0 Å². The number of aliphatic carboxylic acids is 1. The average Bonchev–Trinajstić information content (AvgIpc) is 2.51. The molecule has 0 unspecified atom stereocenters. The molecule has 0 aliphatic rings. The summed E-state index contributed by atoms with van der Waals surface area (Å²) in [6, 6.07) is 0. The van der Waals surface area contributed by atoms with Gasteiger partial charge in [0.05, 0.1) is 0 Å². The van der Waals surface area contributed by atoms with Crippen molar-refractivity contribution in [2.75, 3.05) is 0 Å². The zero-order valence-electron chi connectivity index (χ0n) is 7.37. The van der Waals surface area contributed by atoms with E-state index in [-0.39, 0.29) is 11.6 Å². The van der Waals surface area contributed by atoms with Crippen LogP contribution >= 0.6 is 0 Å². The molecule has 0 aliphatic carbocycles. The van der Waals surface area contributed by atoms with Crippen LogP contribution in [-0.2, 0) is 16.9 Å². The van der Waals surface area contributed by atoms with Crippen molar-refractivity contribution in [3.8, 4) is 0 Å². The first-order valence-electron chi connectivity index (χ1n) is 3.72. The predicted molar refractivity (Wildman–Crippen MR) is 42.0 cm³/mol. The summed E-state index contributed by atoms with van der Waals surface area (Å²) in [5.41, 5.74) is -1.10. The number of oxazole rings is 1. The second-order valence-electron chi connectivity index (χ2n) is 3.21. The molecule has 1 N–H and O–H groups in total. The molecule has 0 bridgehead atoms. The SMILES string of the molecule is CC(C)(C(=O)O)c1nc(CF)co1. The molecule has 1 rings (SSSR count). The molecule has 0 aromatic carbocycles. The normalized spacial score (nSPS) is 11.6. The minimum atomic E-state index is -1.21. The summed E-state index contributed by atoms with van der Waals surface area (Å²) in [6.45, 7) is 2.14. The maximum atomic E-state index is 12.1. The van der Waals surface area contributed by atoms with Crippen LogP contribution in [0.2, 0.25) is 0 Å². The van der Waals surface area contributed by atoms with Gasteiger partial charge in [-0.25, -0.2) is 9.37 Å². The Kier molecular flexibility index (Phi) is 2.36. The molecule has 0 amide bonds. The second kappa shape index (κ2) is 3.16. The van der Waals surface area contributed by atoms with Crippen molar-refractivity contribution < 1.29 is 18.7 Å². The number of hydrogen-bond donors (Lipinski definition) is 1. The van der Waals surface area contributed by atoms with Crippen molar-refractivity contribution in [1.82, 2.24) is 4.98 Å². The molecule has 1 heterocycles. The first-order valence-corrected chi connectivity index (χ1v) is 3.72. The quantitative estimate of drug-likeness (QED) is 0.778. The Labute approximate surface area is 74.4 Å². The van der Waals surface area contributed by atoms with Gasteiger partial charge in [-0.3, -0.25) is 4.79 Å². The topological polar surface area (TPSA) is 63.3 Å². The number of carbonyl (C=O) groups is 1. The molecule has 0 fully saturated rings. The molecule has 0 saturated carbocycles. The summed E-state index contributed by atoms with van der Waals surface area (Å²) >= 11 is 0. The highest BCUT2D eigenvalue weighted by Crippen LogP contribution is 2.22. The Hall–Kier alpha value is -1.39. The third kappa shape index (κ3) is 1.68. The van der Waals surface area contributed by atoms with Gasteiger partial charge in [0.2, 0.25) is 5.89 Å². The Morgan fingerprint density at radius 2 is 2.38 bits per heavy atom. The maximum Gasteiger partial charge on any atom is 0.318 e. The predicted octanol–water partition coefficient (Wildman–Crippen LogP) is 1.51. The van der Waals surface area contributed by atoms with E-state index < -0.39 is 18.1 Å². The summed E-state index contributed by atoms with van der Waals surface area (Å²) in [6.07, 6.45) is 1.13. The van der Waals surface area contributed by atoms with Gasteiger partial charge < -0.3 is 9.52 Å². The Balaban J connectivity index is 3.00. The Morgan fingerprint density at radius 1 is 1.77 bits per heavy atom. The van der Waals surface area contributed by atoms with Crippen molar-refractivity contribution in [2.45, 2.75) is 25.9 Å². The maximum absolute atomic E-state index is 12.1. The van der Waals surface area contributed by atoms with Crippen LogP contribution in [0.25, 0.3) is 0 Å². The van der Waals surface area contributed by atoms with E-state index in [1.807, 2.05) is 0 Å². The molecule has 4 nitrogen and oxygen atoms in total. The van der Waals surface area contributed by atoms with Gasteiger partial charge >= 0.3 is 5.97 Å². The smallest absolute Gasteiger partial charge is 0.318 e. The molecule has 0 atom stereocenters. The zero-order chi connectivity index (χ0) is 10.1. The number of rotatable bonds is 3. The molecule has 0 radical (unpaired) electrons. The number of carboxylic acids is 1. The van der Waals surface area contributed by atoms with Crippen molar-refractivity contribution >= 4 is 5.97 Å². The molecule has 0 saturated heterocycles.